The molecule has 0 saturated heterocycles. The highest BCUT2D eigenvalue weighted by molar-refractivity contribution is 7.09. The van der Waals surface area contributed by atoms with Crippen LogP contribution in [0.3, 0.4) is 0 Å². The van der Waals surface area contributed by atoms with E-state index in [0.717, 1.165) is 23.5 Å². The molecule has 1 aromatic heterocycles. The van der Waals surface area contributed by atoms with E-state index in [2.05, 4.69) is 4.98 Å². The molecule has 1 fully saturated rings. The Morgan fingerprint density at radius 1 is 1.45 bits per heavy atom. The van der Waals surface area contributed by atoms with E-state index in [1.807, 2.05) is 12.3 Å². The van der Waals surface area contributed by atoms with Crippen LogP contribution in [0.15, 0.2) is 5.38 Å². The normalized spacial score (nSPS) is 22.5. The molecule has 0 bridgehead atoms. The van der Waals surface area contributed by atoms with E-state index in [1.54, 1.807) is 23.3 Å². The minimum atomic E-state index is -0.778. The summed E-state index contributed by atoms with van der Waals surface area (Å²) in [7, 11) is 1.77. The quantitative estimate of drug-likeness (QED) is 0.925. The molecule has 5 nitrogen and oxygen atoms in total. The lowest BCUT2D eigenvalue weighted by Crippen LogP contribution is -2.36. The Bertz CT molecular complexity index is 500. The third-order valence-electron chi connectivity index (χ3n) is 3.81. The largest absolute Gasteiger partial charge is 0.481 e. The van der Waals surface area contributed by atoms with Crippen molar-refractivity contribution in [3.63, 3.8) is 0 Å². The number of thiazole rings is 1. The Hall–Kier alpha value is -1.43. The number of rotatable bonds is 4. The van der Waals surface area contributed by atoms with E-state index in [4.69, 9.17) is 5.11 Å². The van der Waals surface area contributed by atoms with Crippen LogP contribution in [0.25, 0.3) is 0 Å². The minimum Gasteiger partial charge on any atom is -0.481 e. The minimum absolute atomic E-state index is 0.0432. The molecule has 1 aliphatic carbocycles. The number of aryl methyl sites for hydroxylation is 1. The van der Waals surface area contributed by atoms with Crippen LogP contribution >= 0.6 is 11.3 Å². The van der Waals surface area contributed by atoms with Crippen LogP contribution in [0.4, 0.5) is 0 Å². The van der Waals surface area contributed by atoms with Gasteiger partial charge in [0.25, 0.3) is 0 Å². The van der Waals surface area contributed by atoms with Crippen LogP contribution in [0, 0.1) is 18.8 Å². The fraction of sp³-hybridized carbons (Fsp3) is 0.643. The van der Waals surface area contributed by atoms with Gasteiger partial charge in [-0.15, -0.1) is 11.3 Å². The van der Waals surface area contributed by atoms with Crippen molar-refractivity contribution in [3.05, 3.63) is 16.1 Å². The summed E-state index contributed by atoms with van der Waals surface area (Å²) in [5.74, 6) is -1.26. The number of hydrogen-bond donors (Lipinski definition) is 1. The summed E-state index contributed by atoms with van der Waals surface area (Å²) in [6, 6.07) is 0. The molecule has 2 atom stereocenters. The second-order valence-corrected chi connectivity index (χ2v) is 6.51. The molecule has 2 unspecified atom stereocenters. The number of hydrogen-bond acceptors (Lipinski definition) is 4. The first-order chi connectivity index (χ1) is 9.47. The summed E-state index contributed by atoms with van der Waals surface area (Å²) in [5.41, 5.74) is 0.897. The van der Waals surface area contributed by atoms with Gasteiger partial charge in [0.2, 0.25) is 5.91 Å². The number of amides is 1. The van der Waals surface area contributed by atoms with Crippen molar-refractivity contribution in [1.29, 1.82) is 0 Å². The van der Waals surface area contributed by atoms with Gasteiger partial charge in [0.15, 0.2) is 0 Å². The highest BCUT2D eigenvalue weighted by atomic mass is 32.1. The van der Waals surface area contributed by atoms with Crippen molar-refractivity contribution >= 4 is 23.2 Å². The molecule has 1 aliphatic rings. The summed E-state index contributed by atoms with van der Waals surface area (Å²) in [6.45, 7) is 2.44. The molecule has 2 rings (SSSR count). The maximum atomic E-state index is 12.4. The zero-order valence-electron chi connectivity index (χ0n) is 11.8. The highest BCUT2D eigenvalue weighted by Crippen LogP contribution is 2.30. The van der Waals surface area contributed by atoms with Crippen LogP contribution in [-0.2, 0) is 16.1 Å². The van der Waals surface area contributed by atoms with Crippen molar-refractivity contribution in [1.82, 2.24) is 9.88 Å². The molecule has 1 saturated carbocycles. The summed E-state index contributed by atoms with van der Waals surface area (Å²) in [5, 5.41) is 12.0. The van der Waals surface area contributed by atoms with Crippen molar-refractivity contribution in [3.8, 4) is 0 Å². The van der Waals surface area contributed by atoms with Gasteiger partial charge in [-0.05, 0) is 26.2 Å². The van der Waals surface area contributed by atoms with Crippen LogP contribution in [0.1, 0.15) is 36.4 Å². The van der Waals surface area contributed by atoms with Gasteiger partial charge >= 0.3 is 5.97 Å². The Labute approximate surface area is 122 Å². The first-order valence-corrected chi connectivity index (χ1v) is 7.74. The molecule has 0 aliphatic heterocycles. The van der Waals surface area contributed by atoms with E-state index in [-0.39, 0.29) is 17.7 Å². The maximum absolute atomic E-state index is 12.4. The number of carboxylic acid groups (broad SMARTS) is 1. The average Bonchev–Trinajstić information content (AvgIpc) is 2.83. The van der Waals surface area contributed by atoms with Gasteiger partial charge in [-0.3, -0.25) is 9.59 Å². The molecule has 6 heteroatoms. The lowest BCUT2D eigenvalue weighted by molar-refractivity contribution is -0.145. The van der Waals surface area contributed by atoms with Crippen molar-refractivity contribution in [2.24, 2.45) is 11.8 Å². The van der Waals surface area contributed by atoms with Gasteiger partial charge in [-0.2, -0.15) is 0 Å². The third-order valence-corrected chi connectivity index (χ3v) is 4.64. The summed E-state index contributed by atoms with van der Waals surface area (Å²) in [4.78, 5) is 29.5. The SMILES string of the molecule is Cc1nc(CN(C)C(=O)C2CCCC(C(=O)O)C2)cs1. The van der Waals surface area contributed by atoms with Gasteiger partial charge in [0, 0.05) is 18.3 Å². The van der Waals surface area contributed by atoms with E-state index < -0.39 is 5.97 Å². The predicted octanol–water partition coefficient (Wildman–Crippen LogP) is 2.30. The second kappa shape index (κ2) is 6.35. The zero-order valence-corrected chi connectivity index (χ0v) is 12.7. The molecule has 0 radical (unpaired) electrons. The molecule has 1 aromatic rings. The summed E-state index contributed by atoms with van der Waals surface area (Å²) in [6.07, 6.45) is 2.77. The van der Waals surface area contributed by atoms with Crippen LogP contribution in [0.5, 0.6) is 0 Å². The number of carboxylic acids is 1. The molecule has 1 amide bonds. The lowest BCUT2D eigenvalue weighted by atomic mass is 9.81. The fourth-order valence-corrected chi connectivity index (χ4v) is 3.36. The lowest BCUT2D eigenvalue weighted by Gasteiger charge is -2.29. The number of aromatic nitrogens is 1. The predicted molar refractivity (Wildman–Crippen MR) is 76.4 cm³/mol. The number of aliphatic carboxylic acids is 1. The van der Waals surface area contributed by atoms with E-state index in [0.29, 0.717) is 19.4 Å². The van der Waals surface area contributed by atoms with Gasteiger partial charge < -0.3 is 10.0 Å². The monoisotopic (exact) mass is 296 g/mol. The fourth-order valence-electron chi connectivity index (χ4n) is 2.75. The summed E-state index contributed by atoms with van der Waals surface area (Å²) >= 11 is 1.57. The van der Waals surface area contributed by atoms with E-state index in [9.17, 15) is 9.59 Å². The molecule has 1 N–H and O–H groups in total. The van der Waals surface area contributed by atoms with Gasteiger partial charge in [0.05, 0.1) is 23.2 Å². The Balaban J connectivity index is 1.94. The first kappa shape index (κ1) is 15.0. The number of nitrogens with zero attached hydrogens (tertiary/aromatic N) is 2. The average molecular weight is 296 g/mol. The highest BCUT2D eigenvalue weighted by Gasteiger charge is 2.32. The maximum Gasteiger partial charge on any atom is 0.306 e. The van der Waals surface area contributed by atoms with Crippen molar-refractivity contribution in [2.45, 2.75) is 39.2 Å². The smallest absolute Gasteiger partial charge is 0.306 e. The molecule has 110 valence electrons. The molecule has 0 spiro atoms. The Morgan fingerprint density at radius 3 is 2.75 bits per heavy atom. The van der Waals surface area contributed by atoms with Gasteiger partial charge in [0.1, 0.15) is 0 Å². The third kappa shape index (κ3) is 3.56. The van der Waals surface area contributed by atoms with Crippen LogP contribution in [-0.4, -0.2) is 33.9 Å². The van der Waals surface area contributed by atoms with Gasteiger partial charge in [-0.25, -0.2) is 4.98 Å². The number of carbonyl (C=O) groups is 2. The Kier molecular flexibility index (Phi) is 4.75. The van der Waals surface area contributed by atoms with Crippen LogP contribution in [0.2, 0.25) is 0 Å². The van der Waals surface area contributed by atoms with Gasteiger partial charge in [-0.1, -0.05) is 6.42 Å². The molecule has 20 heavy (non-hydrogen) atoms. The molecule has 0 aromatic carbocycles. The topological polar surface area (TPSA) is 70.5 Å². The molecule has 1 heterocycles. The summed E-state index contributed by atoms with van der Waals surface area (Å²) < 4.78 is 0. The molecular weight excluding hydrogens is 276 g/mol. The Morgan fingerprint density at radius 2 is 2.15 bits per heavy atom. The second-order valence-electron chi connectivity index (χ2n) is 5.45. The number of carbonyl (C=O) groups excluding carboxylic acids is 1. The van der Waals surface area contributed by atoms with E-state index in [1.165, 1.54) is 0 Å². The van der Waals surface area contributed by atoms with Crippen molar-refractivity contribution < 1.29 is 14.7 Å². The first-order valence-electron chi connectivity index (χ1n) is 6.86. The van der Waals surface area contributed by atoms with Crippen molar-refractivity contribution in [2.75, 3.05) is 7.05 Å². The standard InChI is InChI=1S/C14H20N2O3S/c1-9-15-12(8-20-9)7-16(2)13(17)10-4-3-5-11(6-10)14(18)19/h8,10-11H,3-7H2,1-2H3,(H,18,19). The molecular formula is C14H20N2O3S. The zero-order chi connectivity index (χ0) is 14.7. The van der Waals surface area contributed by atoms with E-state index >= 15 is 0 Å². The van der Waals surface area contributed by atoms with Crippen LogP contribution < -0.4 is 0 Å².